The van der Waals surface area contributed by atoms with Gasteiger partial charge < -0.3 is 5.11 Å². The van der Waals surface area contributed by atoms with Crippen LogP contribution < -0.4 is 0 Å². The minimum atomic E-state index is -0.721. The molecule has 19 heavy (non-hydrogen) atoms. The summed E-state index contributed by atoms with van der Waals surface area (Å²) in [7, 11) is 0. The van der Waals surface area contributed by atoms with Crippen LogP contribution in [-0.4, -0.2) is 22.0 Å². The molecule has 1 atom stereocenters. The molecule has 4 heteroatoms. The molecule has 1 N–H and O–H groups in total. The van der Waals surface area contributed by atoms with Crippen molar-refractivity contribution in [3.63, 3.8) is 0 Å². The predicted molar refractivity (Wildman–Crippen MR) is 80.7 cm³/mol. The van der Waals surface area contributed by atoms with Gasteiger partial charge in [0.05, 0.1) is 5.71 Å². The summed E-state index contributed by atoms with van der Waals surface area (Å²) in [6.07, 6.45) is 13.6. The van der Waals surface area contributed by atoms with Crippen LogP contribution in [0.4, 0.5) is 0 Å². The van der Waals surface area contributed by atoms with E-state index in [1.54, 1.807) is 0 Å². The van der Waals surface area contributed by atoms with E-state index in [1.165, 1.54) is 43.2 Å². The fraction of sp³-hybridized carbons (Fsp3) is 0.733. The molecule has 2 rings (SSSR count). The van der Waals surface area contributed by atoms with E-state index in [2.05, 4.69) is 10.5 Å². The first-order valence-corrected chi connectivity index (χ1v) is 8.26. The van der Waals surface area contributed by atoms with E-state index in [4.69, 9.17) is 5.11 Å². The van der Waals surface area contributed by atoms with Gasteiger partial charge in [0.1, 0.15) is 5.25 Å². The Morgan fingerprint density at radius 2 is 1.95 bits per heavy atom. The van der Waals surface area contributed by atoms with Crippen molar-refractivity contribution in [3.05, 3.63) is 11.6 Å². The van der Waals surface area contributed by atoms with Crippen LogP contribution in [0.3, 0.4) is 0 Å². The SMILES string of the molecule is O=C(O)C1CCCCC(/C2=C/CCCCCC2)=N\S1. The summed E-state index contributed by atoms with van der Waals surface area (Å²) in [6.45, 7) is 0. The molecule has 0 saturated carbocycles. The Morgan fingerprint density at radius 3 is 2.79 bits per heavy atom. The van der Waals surface area contributed by atoms with Crippen LogP contribution in [0.2, 0.25) is 0 Å². The molecule has 2 aliphatic rings. The van der Waals surface area contributed by atoms with E-state index in [9.17, 15) is 4.79 Å². The summed E-state index contributed by atoms with van der Waals surface area (Å²) >= 11 is 1.27. The normalized spacial score (nSPS) is 31.7. The number of allylic oxidation sites excluding steroid dienone is 2. The summed E-state index contributed by atoms with van der Waals surface area (Å²) in [5, 5.41) is 8.77. The molecule has 1 unspecified atom stereocenters. The maximum absolute atomic E-state index is 11.1. The lowest BCUT2D eigenvalue weighted by molar-refractivity contribution is -0.136. The lowest BCUT2D eigenvalue weighted by Crippen LogP contribution is -2.18. The Balaban J connectivity index is 2.07. The van der Waals surface area contributed by atoms with Crippen LogP contribution in [0.1, 0.15) is 64.2 Å². The van der Waals surface area contributed by atoms with Gasteiger partial charge in [0.25, 0.3) is 0 Å². The van der Waals surface area contributed by atoms with Crippen LogP contribution >= 0.6 is 11.9 Å². The molecule has 1 heterocycles. The van der Waals surface area contributed by atoms with Crippen molar-refractivity contribution in [1.29, 1.82) is 0 Å². The van der Waals surface area contributed by atoms with Gasteiger partial charge in [-0.25, -0.2) is 4.40 Å². The summed E-state index contributed by atoms with van der Waals surface area (Å²) < 4.78 is 4.57. The number of aliphatic carboxylic acids is 1. The fourth-order valence-electron chi connectivity index (χ4n) is 2.69. The van der Waals surface area contributed by atoms with E-state index in [1.807, 2.05) is 0 Å². The number of carboxylic acid groups (broad SMARTS) is 1. The molecule has 0 bridgehead atoms. The van der Waals surface area contributed by atoms with Gasteiger partial charge in [-0.05, 0) is 62.5 Å². The molecular formula is C15H23NO2S. The van der Waals surface area contributed by atoms with Crippen LogP contribution in [0, 0.1) is 0 Å². The second-order valence-corrected chi connectivity index (χ2v) is 6.36. The van der Waals surface area contributed by atoms with Gasteiger partial charge in [0.15, 0.2) is 0 Å². The highest BCUT2D eigenvalue weighted by molar-refractivity contribution is 7.99. The number of hydrogen-bond acceptors (Lipinski definition) is 3. The molecule has 0 aromatic rings. The molecule has 3 nitrogen and oxygen atoms in total. The summed E-state index contributed by atoms with van der Waals surface area (Å²) in [6, 6.07) is 0. The zero-order valence-corrected chi connectivity index (χ0v) is 12.3. The van der Waals surface area contributed by atoms with Crippen LogP contribution in [-0.2, 0) is 4.79 Å². The molecule has 0 spiro atoms. The van der Waals surface area contributed by atoms with Crippen molar-refractivity contribution < 1.29 is 9.90 Å². The van der Waals surface area contributed by atoms with Crippen molar-refractivity contribution >= 4 is 23.6 Å². The largest absolute Gasteiger partial charge is 0.480 e. The minimum Gasteiger partial charge on any atom is -0.480 e. The van der Waals surface area contributed by atoms with Gasteiger partial charge in [-0.2, -0.15) is 0 Å². The summed E-state index contributed by atoms with van der Waals surface area (Å²) in [5.74, 6) is -0.721. The first kappa shape index (κ1) is 14.6. The maximum Gasteiger partial charge on any atom is 0.318 e. The van der Waals surface area contributed by atoms with Gasteiger partial charge in [-0.15, -0.1) is 0 Å². The predicted octanol–water partition coefficient (Wildman–Crippen LogP) is 4.38. The van der Waals surface area contributed by atoms with E-state index >= 15 is 0 Å². The highest BCUT2D eigenvalue weighted by Gasteiger charge is 2.21. The van der Waals surface area contributed by atoms with Gasteiger partial charge >= 0.3 is 5.97 Å². The molecular weight excluding hydrogens is 258 g/mol. The first-order chi connectivity index (χ1) is 9.27. The Labute approximate surface area is 119 Å². The van der Waals surface area contributed by atoms with E-state index < -0.39 is 5.97 Å². The van der Waals surface area contributed by atoms with Gasteiger partial charge in [0, 0.05) is 0 Å². The smallest absolute Gasteiger partial charge is 0.318 e. The standard InChI is InChI=1S/C15H23NO2S/c17-15(18)14-11-7-6-10-13(16-19-14)12-8-4-2-1-3-5-9-12/h8,14H,1-7,9-11H2,(H,17,18)/b12-8+,16-13+. The molecule has 0 aromatic carbocycles. The van der Waals surface area contributed by atoms with Crippen LogP contribution in [0.5, 0.6) is 0 Å². The van der Waals surface area contributed by atoms with Gasteiger partial charge in [-0.1, -0.05) is 25.3 Å². The Hall–Kier alpha value is -0.770. The third-order valence-electron chi connectivity index (χ3n) is 3.86. The van der Waals surface area contributed by atoms with Crippen molar-refractivity contribution in [2.45, 2.75) is 69.5 Å². The van der Waals surface area contributed by atoms with Crippen molar-refractivity contribution in [3.8, 4) is 0 Å². The van der Waals surface area contributed by atoms with Crippen molar-refractivity contribution in [2.75, 3.05) is 0 Å². The quantitative estimate of drug-likeness (QED) is 0.764. The zero-order chi connectivity index (χ0) is 13.5. The molecule has 0 fully saturated rings. The third kappa shape index (κ3) is 4.68. The molecule has 0 saturated heterocycles. The molecule has 0 radical (unpaired) electrons. The van der Waals surface area contributed by atoms with Crippen molar-refractivity contribution in [1.82, 2.24) is 0 Å². The topological polar surface area (TPSA) is 49.7 Å². The molecule has 1 aliphatic carbocycles. The number of rotatable bonds is 2. The highest BCUT2D eigenvalue weighted by Crippen LogP contribution is 2.27. The summed E-state index contributed by atoms with van der Waals surface area (Å²) in [4.78, 5) is 11.1. The Bertz CT molecular complexity index is 376. The highest BCUT2D eigenvalue weighted by atomic mass is 32.2. The number of hydrogen-bond donors (Lipinski definition) is 1. The van der Waals surface area contributed by atoms with E-state index in [-0.39, 0.29) is 5.25 Å². The third-order valence-corrected chi connectivity index (χ3v) is 4.87. The first-order valence-electron chi connectivity index (χ1n) is 7.42. The van der Waals surface area contributed by atoms with E-state index in [0.717, 1.165) is 44.2 Å². The second-order valence-electron chi connectivity index (χ2n) is 5.40. The second kappa shape index (κ2) is 7.73. The molecule has 1 aliphatic heterocycles. The summed E-state index contributed by atoms with van der Waals surface area (Å²) in [5.41, 5.74) is 2.55. The van der Waals surface area contributed by atoms with E-state index in [0.29, 0.717) is 0 Å². The number of carboxylic acids is 1. The fourth-order valence-corrected chi connectivity index (χ4v) is 3.51. The average molecular weight is 281 g/mol. The molecule has 0 amide bonds. The van der Waals surface area contributed by atoms with Gasteiger partial charge in [0.2, 0.25) is 0 Å². The number of carbonyl (C=O) groups is 1. The Morgan fingerprint density at radius 1 is 1.16 bits per heavy atom. The lowest BCUT2D eigenvalue weighted by atomic mass is 9.94. The molecule has 106 valence electrons. The number of nitrogens with zero attached hydrogens (tertiary/aromatic N) is 1. The van der Waals surface area contributed by atoms with Crippen LogP contribution in [0.25, 0.3) is 0 Å². The molecule has 0 aromatic heterocycles. The minimum absolute atomic E-state index is 0.357. The zero-order valence-electron chi connectivity index (χ0n) is 11.4. The lowest BCUT2D eigenvalue weighted by Gasteiger charge is -2.18. The average Bonchev–Trinajstić information content (AvgIpc) is 2.29. The van der Waals surface area contributed by atoms with Crippen molar-refractivity contribution in [2.24, 2.45) is 4.40 Å². The Kier molecular flexibility index (Phi) is 5.95. The maximum atomic E-state index is 11.1. The monoisotopic (exact) mass is 281 g/mol. The van der Waals surface area contributed by atoms with Gasteiger partial charge in [-0.3, -0.25) is 4.79 Å². The van der Waals surface area contributed by atoms with Crippen LogP contribution in [0.15, 0.2) is 16.0 Å².